The Balaban J connectivity index is 2.30. The van der Waals surface area contributed by atoms with Crippen LogP contribution < -0.4 is 5.32 Å². The van der Waals surface area contributed by atoms with Crippen LogP contribution in [0.15, 0.2) is 42.5 Å². The molecule has 0 aliphatic heterocycles. The van der Waals surface area contributed by atoms with Gasteiger partial charge in [-0.15, -0.1) is 0 Å². The van der Waals surface area contributed by atoms with Crippen LogP contribution in [0.25, 0.3) is 0 Å². The Kier molecular flexibility index (Phi) is 3.74. The summed E-state index contributed by atoms with van der Waals surface area (Å²) in [7, 11) is 0. The fourth-order valence-corrected chi connectivity index (χ4v) is 1.66. The maximum Gasteiger partial charge on any atom is 0.337 e. The van der Waals surface area contributed by atoms with Crippen molar-refractivity contribution < 1.29 is 23.5 Å². The van der Waals surface area contributed by atoms with Crippen molar-refractivity contribution >= 4 is 17.6 Å². The highest BCUT2D eigenvalue weighted by molar-refractivity contribution is 6.07. The number of carbonyl (C=O) groups excluding carboxylic acids is 1. The van der Waals surface area contributed by atoms with E-state index in [0.29, 0.717) is 6.07 Å². The monoisotopic (exact) mass is 277 g/mol. The lowest BCUT2D eigenvalue weighted by Crippen LogP contribution is -2.15. The summed E-state index contributed by atoms with van der Waals surface area (Å²) in [5.41, 5.74) is -0.296. The molecule has 0 bridgehead atoms. The topological polar surface area (TPSA) is 66.4 Å². The molecule has 102 valence electrons. The molecule has 6 heteroatoms. The number of nitrogens with one attached hydrogen (secondary N) is 1. The van der Waals surface area contributed by atoms with Gasteiger partial charge in [0.2, 0.25) is 0 Å². The maximum absolute atomic E-state index is 13.0. The molecule has 2 rings (SSSR count). The molecule has 0 saturated carbocycles. The van der Waals surface area contributed by atoms with Crippen LogP contribution in [0.5, 0.6) is 0 Å². The Bertz CT molecular complexity index is 666. The van der Waals surface area contributed by atoms with Gasteiger partial charge in [0.05, 0.1) is 11.3 Å². The summed E-state index contributed by atoms with van der Waals surface area (Å²) in [6, 6.07) is 8.10. The molecule has 0 saturated heterocycles. The summed E-state index contributed by atoms with van der Waals surface area (Å²) in [6.07, 6.45) is 0. The van der Waals surface area contributed by atoms with Gasteiger partial charge in [0.15, 0.2) is 0 Å². The van der Waals surface area contributed by atoms with Gasteiger partial charge in [-0.2, -0.15) is 0 Å². The van der Waals surface area contributed by atoms with Crippen molar-refractivity contribution in [3.8, 4) is 0 Å². The molecule has 2 N–H and O–H groups in total. The Morgan fingerprint density at radius 1 is 1.00 bits per heavy atom. The molecular formula is C14H9F2NO3. The third-order valence-electron chi connectivity index (χ3n) is 2.53. The van der Waals surface area contributed by atoms with Crippen LogP contribution in [-0.4, -0.2) is 17.0 Å². The van der Waals surface area contributed by atoms with E-state index < -0.39 is 23.5 Å². The van der Waals surface area contributed by atoms with Crippen LogP contribution in [0.4, 0.5) is 14.5 Å². The van der Waals surface area contributed by atoms with Crippen molar-refractivity contribution in [1.29, 1.82) is 0 Å². The molecule has 4 nitrogen and oxygen atoms in total. The van der Waals surface area contributed by atoms with Crippen molar-refractivity contribution in [3.63, 3.8) is 0 Å². The lowest BCUT2D eigenvalue weighted by molar-refractivity contribution is 0.0698. The van der Waals surface area contributed by atoms with Crippen LogP contribution >= 0.6 is 0 Å². The summed E-state index contributed by atoms with van der Waals surface area (Å²) in [6.45, 7) is 0. The van der Waals surface area contributed by atoms with E-state index in [1.165, 1.54) is 24.3 Å². The number of aromatic carboxylic acids is 1. The smallest absolute Gasteiger partial charge is 0.337 e. The molecule has 0 unspecified atom stereocenters. The second-order valence-electron chi connectivity index (χ2n) is 3.96. The first-order valence-electron chi connectivity index (χ1n) is 5.57. The van der Waals surface area contributed by atoms with E-state index in [-0.39, 0.29) is 16.8 Å². The molecule has 0 aliphatic rings. The molecule has 20 heavy (non-hydrogen) atoms. The number of carboxylic acid groups (broad SMARTS) is 1. The molecule has 0 radical (unpaired) electrons. The quantitative estimate of drug-likeness (QED) is 0.906. The van der Waals surface area contributed by atoms with Crippen LogP contribution in [0.2, 0.25) is 0 Å². The largest absolute Gasteiger partial charge is 0.478 e. The van der Waals surface area contributed by atoms with Gasteiger partial charge in [-0.1, -0.05) is 12.1 Å². The highest BCUT2D eigenvalue weighted by Gasteiger charge is 2.14. The average molecular weight is 277 g/mol. The number of carboxylic acids is 1. The van der Waals surface area contributed by atoms with Gasteiger partial charge in [0, 0.05) is 11.6 Å². The van der Waals surface area contributed by atoms with E-state index in [0.717, 1.165) is 12.1 Å². The van der Waals surface area contributed by atoms with Gasteiger partial charge in [-0.25, -0.2) is 13.6 Å². The molecule has 0 fully saturated rings. The third kappa shape index (κ3) is 2.97. The molecule has 0 spiro atoms. The standard InChI is InChI=1S/C14H9F2NO3/c15-9-5-8(6-10(16)7-9)13(18)17-12-4-2-1-3-11(12)14(19)20/h1-7H,(H,17,18)(H,19,20). The maximum atomic E-state index is 13.0. The summed E-state index contributed by atoms with van der Waals surface area (Å²) in [5.74, 6) is -3.79. The number of para-hydroxylation sites is 1. The van der Waals surface area contributed by atoms with Gasteiger partial charge in [-0.05, 0) is 24.3 Å². The normalized spacial score (nSPS) is 10.1. The molecule has 0 aliphatic carbocycles. The zero-order chi connectivity index (χ0) is 14.7. The van der Waals surface area contributed by atoms with Gasteiger partial charge >= 0.3 is 5.97 Å². The van der Waals surface area contributed by atoms with E-state index in [1.54, 1.807) is 0 Å². The lowest BCUT2D eigenvalue weighted by atomic mass is 10.1. The summed E-state index contributed by atoms with van der Waals surface area (Å²) < 4.78 is 26.0. The zero-order valence-corrected chi connectivity index (χ0v) is 10.1. The third-order valence-corrected chi connectivity index (χ3v) is 2.53. The van der Waals surface area contributed by atoms with Crippen LogP contribution in [-0.2, 0) is 0 Å². The predicted octanol–water partition coefficient (Wildman–Crippen LogP) is 2.92. The first-order chi connectivity index (χ1) is 9.47. The van der Waals surface area contributed by atoms with Crippen LogP contribution in [0, 0.1) is 11.6 Å². The summed E-state index contributed by atoms with van der Waals surface area (Å²) in [5, 5.41) is 11.3. The summed E-state index contributed by atoms with van der Waals surface area (Å²) >= 11 is 0. The number of anilines is 1. The number of carbonyl (C=O) groups is 2. The number of hydrogen-bond acceptors (Lipinski definition) is 2. The van der Waals surface area contributed by atoms with Gasteiger partial charge < -0.3 is 10.4 Å². The number of benzene rings is 2. The van der Waals surface area contributed by atoms with E-state index in [4.69, 9.17) is 5.11 Å². The number of rotatable bonds is 3. The van der Waals surface area contributed by atoms with Crippen molar-refractivity contribution in [2.45, 2.75) is 0 Å². The first-order valence-corrected chi connectivity index (χ1v) is 5.57. The minimum atomic E-state index is -1.22. The van der Waals surface area contributed by atoms with Gasteiger partial charge in [0.25, 0.3) is 5.91 Å². The Hall–Kier alpha value is -2.76. The highest BCUT2D eigenvalue weighted by Crippen LogP contribution is 2.17. The second kappa shape index (κ2) is 5.48. The molecule has 2 aromatic carbocycles. The van der Waals surface area contributed by atoms with Crippen molar-refractivity contribution in [2.75, 3.05) is 5.32 Å². The fraction of sp³-hybridized carbons (Fsp3) is 0. The van der Waals surface area contributed by atoms with Crippen molar-refractivity contribution in [1.82, 2.24) is 0 Å². The Labute approximate surface area is 112 Å². The zero-order valence-electron chi connectivity index (χ0n) is 10.1. The molecule has 0 heterocycles. The van der Waals surface area contributed by atoms with Crippen molar-refractivity contribution in [3.05, 3.63) is 65.2 Å². The molecule has 0 aromatic heterocycles. The van der Waals surface area contributed by atoms with E-state index in [2.05, 4.69) is 5.32 Å². The Morgan fingerprint density at radius 3 is 2.20 bits per heavy atom. The average Bonchev–Trinajstić information content (AvgIpc) is 2.37. The van der Waals surface area contributed by atoms with E-state index in [1.807, 2.05) is 0 Å². The van der Waals surface area contributed by atoms with Gasteiger partial charge in [0.1, 0.15) is 11.6 Å². The molecule has 1 amide bonds. The second-order valence-corrected chi connectivity index (χ2v) is 3.96. The highest BCUT2D eigenvalue weighted by atomic mass is 19.1. The molecule has 2 aromatic rings. The molecule has 0 atom stereocenters. The minimum absolute atomic E-state index is 0.0506. The Morgan fingerprint density at radius 2 is 1.60 bits per heavy atom. The van der Waals surface area contributed by atoms with Crippen LogP contribution in [0.3, 0.4) is 0 Å². The molecular weight excluding hydrogens is 268 g/mol. The number of hydrogen-bond donors (Lipinski definition) is 2. The SMILES string of the molecule is O=C(Nc1ccccc1C(=O)O)c1cc(F)cc(F)c1. The number of amides is 1. The number of halogens is 2. The lowest BCUT2D eigenvalue weighted by Gasteiger charge is -2.08. The first kappa shape index (κ1) is 13.7. The minimum Gasteiger partial charge on any atom is -0.478 e. The van der Waals surface area contributed by atoms with Gasteiger partial charge in [-0.3, -0.25) is 4.79 Å². The van der Waals surface area contributed by atoms with E-state index in [9.17, 15) is 18.4 Å². The van der Waals surface area contributed by atoms with Crippen LogP contribution in [0.1, 0.15) is 20.7 Å². The van der Waals surface area contributed by atoms with Crippen molar-refractivity contribution in [2.24, 2.45) is 0 Å². The fourth-order valence-electron chi connectivity index (χ4n) is 1.66. The predicted molar refractivity (Wildman–Crippen MR) is 67.7 cm³/mol. The van der Waals surface area contributed by atoms with E-state index >= 15 is 0 Å². The summed E-state index contributed by atoms with van der Waals surface area (Å²) in [4.78, 5) is 22.8.